The van der Waals surface area contributed by atoms with Crippen molar-refractivity contribution in [1.82, 2.24) is 0 Å². The van der Waals surface area contributed by atoms with E-state index in [0.717, 1.165) is 0 Å². The Balaban J connectivity index is 2.31. The highest BCUT2D eigenvalue weighted by molar-refractivity contribution is 6.62. The summed E-state index contributed by atoms with van der Waals surface area (Å²) in [6.45, 7) is 9.60. The van der Waals surface area contributed by atoms with Crippen molar-refractivity contribution >= 4 is 18.6 Å². The molecule has 1 heterocycles. The molecule has 1 aromatic rings. The molecule has 1 saturated heterocycles. The van der Waals surface area contributed by atoms with Crippen LogP contribution in [0.2, 0.25) is 0 Å². The zero-order valence-corrected chi connectivity index (χ0v) is 13.0. The third kappa shape index (κ3) is 2.96. The Labute approximate surface area is 124 Å². The number of hydrogen-bond acceptors (Lipinski definition) is 4. The first-order valence-corrected chi connectivity index (χ1v) is 7.00. The topological polar surface area (TPSA) is 44.8 Å². The molecule has 0 N–H and O–H groups in total. The molecule has 1 aliphatic heterocycles. The van der Waals surface area contributed by atoms with Gasteiger partial charge in [0.2, 0.25) is 0 Å². The molecule has 0 radical (unpaired) electrons. The lowest BCUT2D eigenvalue weighted by Gasteiger charge is -2.32. The molecular formula is C15H20BFO4. The first-order valence-electron chi connectivity index (χ1n) is 7.00. The summed E-state index contributed by atoms with van der Waals surface area (Å²) >= 11 is 0. The van der Waals surface area contributed by atoms with Gasteiger partial charge in [0, 0.05) is 0 Å². The molecule has 0 aliphatic carbocycles. The first kappa shape index (κ1) is 16.0. The Morgan fingerprint density at radius 1 is 1.24 bits per heavy atom. The minimum absolute atomic E-state index is 0.107. The van der Waals surface area contributed by atoms with Gasteiger partial charge in [0.25, 0.3) is 0 Å². The lowest BCUT2D eigenvalue weighted by Crippen LogP contribution is -2.41. The van der Waals surface area contributed by atoms with Gasteiger partial charge in [0.1, 0.15) is 5.82 Å². The Morgan fingerprint density at radius 2 is 1.81 bits per heavy atom. The van der Waals surface area contributed by atoms with E-state index in [2.05, 4.69) is 0 Å². The highest BCUT2D eigenvalue weighted by atomic mass is 19.1. The molecule has 0 saturated carbocycles. The number of esters is 1. The fourth-order valence-electron chi connectivity index (χ4n) is 2.03. The van der Waals surface area contributed by atoms with Crippen molar-refractivity contribution < 1.29 is 23.2 Å². The van der Waals surface area contributed by atoms with Gasteiger partial charge in [-0.05, 0) is 52.2 Å². The van der Waals surface area contributed by atoms with Crippen molar-refractivity contribution in [3.05, 3.63) is 29.6 Å². The van der Waals surface area contributed by atoms with Gasteiger partial charge in [-0.15, -0.1) is 0 Å². The lowest BCUT2D eigenvalue weighted by molar-refractivity contribution is 0.00578. The maximum atomic E-state index is 13.8. The van der Waals surface area contributed by atoms with Crippen LogP contribution in [0.1, 0.15) is 45.0 Å². The summed E-state index contributed by atoms with van der Waals surface area (Å²) in [6.07, 6.45) is 0. The van der Waals surface area contributed by atoms with Gasteiger partial charge in [-0.1, -0.05) is 6.07 Å². The molecule has 0 spiro atoms. The average molecular weight is 294 g/mol. The van der Waals surface area contributed by atoms with Crippen LogP contribution in [0.3, 0.4) is 0 Å². The molecule has 1 fully saturated rings. The molecule has 2 rings (SSSR count). The van der Waals surface area contributed by atoms with Crippen LogP contribution in [0.15, 0.2) is 18.2 Å². The van der Waals surface area contributed by atoms with E-state index in [1.807, 2.05) is 27.7 Å². The van der Waals surface area contributed by atoms with Crippen LogP contribution in [0.4, 0.5) is 4.39 Å². The number of rotatable bonds is 3. The van der Waals surface area contributed by atoms with Crippen LogP contribution >= 0.6 is 0 Å². The van der Waals surface area contributed by atoms with Gasteiger partial charge in [-0.3, -0.25) is 0 Å². The van der Waals surface area contributed by atoms with E-state index in [9.17, 15) is 9.18 Å². The van der Waals surface area contributed by atoms with E-state index in [0.29, 0.717) is 5.46 Å². The summed E-state index contributed by atoms with van der Waals surface area (Å²) < 4.78 is 30.4. The van der Waals surface area contributed by atoms with Crippen molar-refractivity contribution in [1.29, 1.82) is 0 Å². The monoisotopic (exact) mass is 294 g/mol. The quantitative estimate of drug-likeness (QED) is 0.634. The first-order chi connectivity index (χ1) is 9.68. The zero-order valence-electron chi connectivity index (χ0n) is 13.0. The van der Waals surface area contributed by atoms with Crippen molar-refractivity contribution in [3.63, 3.8) is 0 Å². The zero-order chi connectivity index (χ0) is 15.8. The second-order valence-corrected chi connectivity index (χ2v) is 6.05. The van der Waals surface area contributed by atoms with Gasteiger partial charge in [0.15, 0.2) is 0 Å². The third-order valence-corrected chi connectivity index (χ3v) is 4.01. The van der Waals surface area contributed by atoms with Crippen LogP contribution in [0.25, 0.3) is 0 Å². The molecule has 21 heavy (non-hydrogen) atoms. The van der Waals surface area contributed by atoms with Gasteiger partial charge < -0.3 is 14.0 Å². The molecule has 0 amide bonds. The second kappa shape index (κ2) is 5.42. The average Bonchev–Trinajstić information content (AvgIpc) is 2.59. The molecule has 1 aliphatic rings. The SMILES string of the molecule is CCOC(=O)c1cc(B2OC(C)(C)C(C)(C)O2)ccc1F. The number of ether oxygens (including phenoxy) is 1. The molecule has 0 aromatic heterocycles. The van der Waals surface area contributed by atoms with E-state index in [-0.39, 0.29) is 12.2 Å². The summed E-state index contributed by atoms with van der Waals surface area (Å²) in [4.78, 5) is 11.7. The van der Waals surface area contributed by atoms with E-state index >= 15 is 0 Å². The van der Waals surface area contributed by atoms with Crippen LogP contribution in [-0.4, -0.2) is 30.9 Å². The molecule has 0 bridgehead atoms. The van der Waals surface area contributed by atoms with E-state index in [4.69, 9.17) is 14.0 Å². The maximum Gasteiger partial charge on any atom is 0.494 e. The molecule has 4 nitrogen and oxygen atoms in total. The summed E-state index contributed by atoms with van der Waals surface area (Å²) in [5.41, 5.74) is -0.492. The van der Waals surface area contributed by atoms with Crippen molar-refractivity contribution in [2.45, 2.75) is 45.8 Å². The van der Waals surface area contributed by atoms with Gasteiger partial charge in [-0.25, -0.2) is 9.18 Å². The van der Waals surface area contributed by atoms with Crippen LogP contribution in [0, 0.1) is 5.82 Å². The highest BCUT2D eigenvalue weighted by Gasteiger charge is 2.51. The Morgan fingerprint density at radius 3 is 2.33 bits per heavy atom. The standard InChI is InChI=1S/C15H20BFO4/c1-6-19-13(18)11-9-10(7-8-12(11)17)16-20-14(2,3)15(4,5)21-16/h7-9H,6H2,1-5H3. The Bertz CT molecular complexity index is 541. The van der Waals surface area contributed by atoms with Gasteiger partial charge in [0.05, 0.1) is 23.4 Å². The van der Waals surface area contributed by atoms with E-state index < -0.39 is 30.1 Å². The number of hydrogen-bond donors (Lipinski definition) is 0. The van der Waals surface area contributed by atoms with Crippen LogP contribution in [-0.2, 0) is 14.0 Å². The molecular weight excluding hydrogens is 274 g/mol. The van der Waals surface area contributed by atoms with Gasteiger partial charge in [-0.2, -0.15) is 0 Å². The van der Waals surface area contributed by atoms with E-state index in [1.54, 1.807) is 13.0 Å². The molecule has 0 unspecified atom stereocenters. The summed E-state index contributed by atoms with van der Waals surface area (Å²) in [5, 5.41) is 0. The Hall–Kier alpha value is -1.40. The Kier molecular flexibility index (Phi) is 4.13. The third-order valence-electron chi connectivity index (χ3n) is 4.01. The summed E-state index contributed by atoms with van der Waals surface area (Å²) in [5.74, 6) is -1.30. The lowest BCUT2D eigenvalue weighted by atomic mass is 9.78. The minimum atomic E-state index is -0.687. The van der Waals surface area contributed by atoms with Crippen molar-refractivity contribution in [3.8, 4) is 0 Å². The molecule has 114 valence electrons. The van der Waals surface area contributed by atoms with Crippen LogP contribution < -0.4 is 5.46 Å². The number of carbonyl (C=O) groups is 1. The molecule has 1 aromatic carbocycles. The smallest absolute Gasteiger partial charge is 0.462 e. The summed E-state index contributed by atoms with van der Waals surface area (Å²) in [7, 11) is -0.635. The second-order valence-electron chi connectivity index (χ2n) is 6.05. The number of carbonyl (C=O) groups excluding carboxylic acids is 1. The fourth-order valence-corrected chi connectivity index (χ4v) is 2.03. The number of benzene rings is 1. The van der Waals surface area contributed by atoms with Crippen molar-refractivity contribution in [2.75, 3.05) is 6.61 Å². The minimum Gasteiger partial charge on any atom is -0.462 e. The molecule has 0 atom stereocenters. The van der Waals surface area contributed by atoms with Crippen molar-refractivity contribution in [2.24, 2.45) is 0 Å². The fraction of sp³-hybridized carbons (Fsp3) is 0.533. The van der Waals surface area contributed by atoms with Crippen LogP contribution in [0.5, 0.6) is 0 Å². The molecule has 6 heteroatoms. The van der Waals surface area contributed by atoms with E-state index in [1.165, 1.54) is 12.1 Å². The number of halogens is 1. The predicted molar refractivity (Wildman–Crippen MR) is 78.1 cm³/mol. The summed E-state index contributed by atoms with van der Waals surface area (Å²) in [6, 6.07) is 4.21. The maximum absolute atomic E-state index is 13.8. The normalized spacial score (nSPS) is 19.6. The predicted octanol–water partition coefficient (Wildman–Crippen LogP) is 2.30. The largest absolute Gasteiger partial charge is 0.494 e. The highest BCUT2D eigenvalue weighted by Crippen LogP contribution is 2.36. The van der Waals surface area contributed by atoms with Gasteiger partial charge >= 0.3 is 13.1 Å².